The molecule has 4 nitrogen and oxygen atoms in total. The average molecular weight is 422 g/mol. The molecule has 25 heavy (non-hydrogen) atoms. The lowest BCUT2D eigenvalue weighted by atomic mass is 10.2. The van der Waals surface area contributed by atoms with E-state index in [4.69, 9.17) is 0 Å². The molecule has 1 amide bonds. The lowest BCUT2D eigenvalue weighted by Gasteiger charge is -2.22. The summed E-state index contributed by atoms with van der Waals surface area (Å²) in [6, 6.07) is 11.8. The largest absolute Gasteiger partial charge is 0.308 e. The highest BCUT2D eigenvalue weighted by Gasteiger charge is 2.23. The Morgan fingerprint density at radius 1 is 1.20 bits per heavy atom. The van der Waals surface area contributed by atoms with Gasteiger partial charge in [0.1, 0.15) is 5.82 Å². The lowest BCUT2D eigenvalue weighted by Crippen LogP contribution is -2.37. The van der Waals surface area contributed by atoms with E-state index in [2.05, 4.69) is 20.9 Å². The minimum atomic E-state index is -0.522. The Hall–Kier alpha value is -1.83. The quantitative estimate of drug-likeness (QED) is 0.612. The first-order chi connectivity index (χ1) is 12.0. The second-order valence-corrected chi connectivity index (χ2v) is 7.77. The maximum absolute atomic E-state index is 14.1. The number of hydrogen-bond acceptors (Lipinski definition) is 4. The minimum Gasteiger partial charge on any atom is -0.308 e. The number of likely N-dealkylation sites (N-methyl/N-ethyl adjacent to an activating group) is 1. The van der Waals surface area contributed by atoms with Crippen LogP contribution in [-0.2, 0) is 0 Å². The molecule has 0 unspecified atom stereocenters. The van der Waals surface area contributed by atoms with Crippen molar-refractivity contribution in [3.8, 4) is 0 Å². The smallest absolute Gasteiger partial charge is 0.263 e. The Kier molecular flexibility index (Phi) is 5.46. The fourth-order valence-electron chi connectivity index (χ4n) is 2.37. The van der Waals surface area contributed by atoms with Crippen molar-refractivity contribution in [1.82, 2.24) is 9.88 Å². The van der Waals surface area contributed by atoms with Gasteiger partial charge in [-0.2, -0.15) is 0 Å². The van der Waals surface area contributed by atoms with Gasteiger partial charge >= 0.3 is 0 Å². The van der Waals surface area contributed by atoms with E-state index in [0.717, 1.165) is 14.7 Å². The monoisotopic (exact) mass is 421 g/mol. The normalized spacial score (nSPS) is 11.2. The van der Waals surface area contributed by atoms with Gasteiger partial charge in [0, 0.05) is 17.6 Å². The van der Waals surface area contributed by atoms with Crippen LogP contribution in [0.5, 0.6) is 0 Å². The van der Waals surface area contributed by atoms with Crippen LogP contribution in [0.15, 0.2) is 46.9 Å². The Morgan fingerprint density at radius 3 is 2.68 bits per heavy atom. The highest BCUT2D eigenvalue weighted by Crippen LogP contribution is 2.31. The Labute approximate surface area is 158 Å². The fourth-order valence-corrected chi connectivity index (χ4v) is 3.91. The van der Waals surface area contributed by atoms with Crippen LogP contribution in [-0.4, -0.2) is 43.0 Å². The second-order valence-electron chi connectivity index (χ2n) is 5.85. The highest BCUT2D eigenvalue weighted by atomic mass is 79.9. The van der Waals surface area contributed by atoms with Crippen LogP contribution in [0, 0.1) is 5.82 Å². The number of amides is 1. The van der Waals surface area contributed by atoms with Gasteiger partial charge in [-0.05, 0) is 44.4 Å². The average Bonchev–Trinajstić information content (AvgIpc) is 2.97. The van der Waals surface area contributed by atoms with Crippen LogP contribution in [0.25, 0.3) is 10.2 Å². The first kappa shape index (κ1) is 18.0. The van der Waals surface area contributed by atoms with Crippen molar-refractivity contribution in [2.24, 2.45) is 0 Å². The maximum Gasteiger partial charge on any atom is 0.263 e. The number of carbonyl (C=O) groups is 1. The Bertz CT molecular complexity index is 912. The van der Waals surface area contributed by atoms with Crippen molar-refractivity contribution in [1.29, 1.82) is 0 Å². The summed E-state index contributed by atoms with van der Waals surface area (Å²) in [6.07, 6.45) is 0. The highest BCUT2D eigenvalue weighted by molar-refractivity contribution is 9.10. The summed E-state index contributed by atoms with van der Waals surface area (Å²) in [5.41, 5.74) is 0.876. The number of halogens is 2. The van der Waals surface area contributed by atoms with E-state index in [9.17, 15) is 9.18 Å². The van der Waals surface area contributed by atoms with E-state index >= 15 is 0 Å². The number of anilines is 1. The molecule has 3 aromatic rings. The molecule has 0 saturated carbocycles. The van der Waals surface area contributed by atoms with Gasteiger partial charge in [-0.25, -0.2) is 9.37 Å². The molecule has 2 aromatic carbocycles. The van der Waals surface area contributed by atoms with Crippen molar-refractivity contribution in [2.45, 2.75) is 0 Å². The van der Waals surface area contributed by atoms with Crippen molar-refractivity contribution in [2.75, 3.05) is 32.1 Å². The van der Waals surface area contributed by atoms with E-state index in [1.807, 2.05) is 37.2 Å². The van der Waals surface area contributed by atoms with E-state index in [1.165, 1.54) is 23.5 Å². The Morgan fingerprint density at radius 2 is 1.96 bits per heavy atom. The van der Waals surface area contributed by atoms with Gasteiger partial charge in [0.2, 0.25) is 0 Å². The molecule has 0 saturated heterocycles. The molecule has 0 radical (unpaired) electrons. The van der Waals surface area contributed by atoms with Crippen LogP contribution < -0.4 is 4.90 Å². The molecule has 3 rings (SSSR count). The third-order valence-electron chi connectivity index (χ3n) is 3.69. The predicted molar refractivity (Wildman–Crippen MR) is 104 cm³/mol. The van der Waals surface area contributed by atoms with Gasteiger partial charge in [-0.3, -0.25) is 9.69 Å². The summed E-state index contributed by atoms with van der Waals surface area (Å²) in [5.74, 6) is -0.899. The molecule has 0 atom stereocenters. The minimum absolute atomic E-state index is 0.0571. The van der Waals surface area contributed by atoms with Crippen molar-refractivity contribution in [3.05, 3.63) is 58.3 Å². The molecular weight excluding hydrogens is 405 g/mol. The van der Waals surface area contributed by atoms with Crippen LogP contribution in [0.3, 0.4) is 0 Å². The van der Waals surface area contributed by atoms with E-state index in [1.54, 1.807) is 17.0 Å². The van der Waals surface area contributed by atoms with Crippen molar-refractivity contribution < 1.29 is 9.18 Å². The molecule has 7 heteroatoms. The molecule has 0 spiro atoms. The van der Waals surface area contributed by atoms with Gasteiger partial charge in [0.05, 0.1) is 15.8 Å². The molecule has 1 aromatic heterocycles. The number of nitrogens with zero attached hydrogens (tertiary/aromatic N) is 3. The number of aromatic nitrogens is 1. The standard InChI is InChI=1S/C18H17BrFN3OS/c1-22(2)9-10-23(17(24)13-5-3-4-6-14(13)20)18-21-15-8-7-12(19)11-16(15)25-18/h3-8,11H,9-10H2,1-2H3. The second kappa shape index (κ2) is 7.59. The van der Waals surface area contributed by atoms with Gasteiger partial charge in [-0.1, -0.05) is 39.4 Å². The first-order valence-corrected chi connectivity index (χ1v) is 9.34. The topological polar surface area (TPSA) is 36.4 Å². The van der Waals surface area contributed by atoms with E-state index in [-0.39, 0.29) is 11.5 Å². The van der Waals surface area contributed by atoms with E-state index < -0.39 is 5.82 Å². The van der Waals surface area contributed by atoms with Gasteiger partial charge in [0.15, 0.2) is 5.13 Å². The molecule has 0 aliphatic carbocycles. The van der Waals surface area contributed by atoms with Crippen LogP contribution in [0.4, 0.5) is 9.52 Å². The third kappa shape index (κ3) is 4.05. The zero-order valence-electron chi connectivity index (χ0n) is 13.9. The number of rotatable bonds is 5. The lowest BCUT2D eigenvalue weighted by molar-refractivity contribution is 0.0981. The molecule has 0 aliphatic heterocycles. The summed E-state index contributed by atoms with van der Waals surface area (Å²) < 4.78 is 16.0. The number of fused-ring (bicyclic) bond motifs is 1. The molecule has 130 valence electrons. The third-order valence-corrected chi connectivity index (χ3v) is 5.22. The van der Waals surface area contributed by atoms with Gasteiger partial charge in [0.25, 0.3) is 5.91 Å². The Balaban J connectivity index is 2.01. The number of hydrogen-bond donors (Lipinski definition) is 0. The maximum atomic E-state index is 14.1. The van der Waals surface area contributed by atoms with Crippen molar-refractivity contribution in [3.63, 3.8) is 0 Å². The predicted octanol–water partition coefficient (Wildman–Crippen LogP) is 4.41. The van der Waals surface area contributed by atoms with Gasteiger partial charge in [-0.15, -0.1) is 0 Å². The summed E-state index contributed by atoms with van der Waals surface area (Å²) >= 11 is 4.87. The zero-order valence-corrected chi connectivity index (χ0v) is 16.3. The van der Waals surface area contributed by atoms with E-state index in [0.29, 0.717) is 18.2 Å². The van der Waals surface area contributed by atoms with Gasteiger partial charge < -0.3 is 4.90 Å². The van der Waals surface area contributed by atoms with Crippen molar-refractivity contribution >= 4 is 48.5 Å². The fraction of sp³-hybridized carbons (Fsp3) is 0.222. The summed E-state index contributed by atoms with van der Waals surface area (Å²) in [4.78, 5) is 21.0. The number of thiazole rings is 1. The molecule has 0 N–H and O–H groups in total. The molecular formula is C18H17BrFN3OS. The number of carbonyl (C=O) groups excluding carboxylic acids is 1. The SMILES string of the molecule is CN(C)CCN(C(=O)c1ccccc1F)c1nc2ccc(Br)cc2s1. The number of benzene rings is 2. The van der Waals surface area contributed by atoms with Crippen LogP contribution in [0.1, 0.15) is 10.4 Å². The van der Waals surface area contributed by atoms with Crippen LogP contribution >= 0.6 is 27.3 Å². The molecule has 0 aliphatic rings. The molecule has 0 fully saturated rings. The summed E-state index contributed by atoms with van der Waals surface area (Å²) in [5, 5.41) is 0.572. The first-order valence-electron chi connectivity index (χ1n) is 7.73. The summed E-state index contributed by atoms with van der Waals surface area (Å²) in [7, 11) is 3.86. The van der Waals surface area contributed by atoms with Crippen LogP contribution in [0.2, 0.25) is 0 Å². The molecule has 1 heterocycles. The zero-order chi connectivity index (χ0) is 18.0. The molecule has 0 bridgehead atoms. The summed E-state index contributed by atoms with van der Waals surface area (Å²) in [6.45, 7) is 1.08.